The number of hydrogen-bond donors (Lipinski definition) is 0. The molecule has 1 aromatic rings. The summed E-state index contributed by atoms with van der Waals surface area (Å²) in [4.78, 5) is 0.330. The molecule has 1 atom stereocenters. The van der Waals surface area contributed by atoms with E-state index in [0.29, 0.717) is 11.4 Å². The van der Waals surface area contributed by atoms with Gasteiger partial charge in [-0.1, -0.05) is 15.9 Å². The Morgan fingerprint density at radius 1 is 1.40 bits per heavy atom. The Bertz CT molecular complexity index is 568. The quantitative estimate of drug-likeness (QED) is 0.827. The average molecular weight is 362 g/mol. The summed E-state index contributed by atoms with van der Waals surface area (Å²) in [6.45, 7) is 3.03. The molecule has 1 aromatic carbocycles. The van der Waals surface area contributed by atoms with Crippen LogP contribution in [0.2, 0.25) is 0 Å². The van der Waals surface area contributed by atoms with Gasteiger partial charge in [0.2, 0.25) is 10.0 Å². The van der Waals surface area contributed by atoms with Crippen LogP contribution in [0.25, 0.3) is 0 Å². The molecule has 0 aliphatic carbocycles. The van der Waals surface area contributed by atoms with E-state index in [1.165, 1.54) is 4.31 Å². The highest BCUT2D eigenvalue weighted by molar-refractivity contribution is 9.10. The standard InChI is InChI=1S/C14H20BrNO3S/c1-11-9-13(6-7-14(11)15)20(17,18)16(2)10-12-5-3-4-8-19-12/h6-7,9,12H,3-5,8,10H2,1-2H3. The summed E-state index contributed by atoms with van der Waals surface area (Å²) in [5, 5.41) is 0. The molecule has 0 aromatic heterocycles. The van der Waals surface area contributed by atoms with Crippen molar-refractivity contribution in [2.75, 3.05) is 20.2 Å². The second-order valence-corrected chi connectivity index (χ2v) is 8.08. The van der Waals surface area contributed by atoms with Gasteiger partial charge in [0, 0.05) is 24.7 Å². The van der Waals surface area contributed by atoms with E-state index < -0.39 is 10.0 Å². The Morgan fingerprint density at radius 3 is 2.75 bits per heavy atom. The molecule has 1 fully saturated rings. The van der Waals surface area contributed by atoms with Crippen LogP contribution in [-0.4, -0.2) is 39.0 Å². The van der Waals surface area contributed by atoms with Gasteiger partial charge in [0.25, 0.3) is 0 Å². The molecule has 20 heavy (non-hydrogen) atoms. The third kappa shape index (κ3) is 3.61. The fraction of sp³-hybridized carbons (Fsp3) is 0.571. The molecule has 6 heteroatoms. The fourth-order valence-corrected chi connectivity index (χ4v) is 3.83. The van der Waals surface area contributed by atoms with Gasteiger partial charge in [-0.15, -0.1) is 0 Å². The van der Waals surface area contributed by atoms with Crippen LogP contribution < -0.4 is 0 Å². The second kappa shape index (κ2) is 6.56. The number of halogens is 1. The molecule has 0 bridgehead atoms. The third-order valence-electron chi connectivity index (χ3n) is 3.57. The number of ether oxygens (including phenoxy) is 1. The van der Waals surface area contributed by atoms with Crippen molar-refractivity contribution in [3.63, 3.8) is 0 Å². The van der Waals surface area contributed by atoms with Gasteiger partial charge in [-0.3, -0.25) is 0 Å². The molecule has 112 valence electrons. The van der Waals surface area contributed by atoms with Gasteiger partial charge in [0.1, 0.15) is 0 Å². The molecule has 4 nitrogen and oxygen atoms in total. The zero-order chi connectivity index (χ0) is 14.8. The predicted molar refractivity (Wildman–Crippen MR) is 82.3 cm³/mol. The minimum atomic E-state index is -3.45. The second-order valence-electron chi connectivity index (χ2n) is 5.19. The van der Waals surface area contributed by atoms with E-state index in [4.69, 9.17) is 4.74 Å². The minimum absolute atomic E-state index is 0.0140. The number of benzene rings is 1. The Balaban J connectivity index is 2.13. The lowest BCUT2D eigenvalue weighted by atomic mass is 10.1. The molecule has 0 saturated carbocycles. The molecule has 0 spiro atoms. The number of hydrogen-bond acceptors (Lipinski definition) is 3. The zero-order valence-electron chi connectivity index (χ0n) is 11.8. The first-order chi connectivity index (χ1) is 9.41. The van der Waals surface area contributed by atoms with Crippen molar-refractivity contribution in [2.24, 2.45) is 0 Å². The van der Waals surface area contributed by atoms with Crippen LogP contribution in [0.15, 0.2) is 27.6 Å². The molecule has 0 N–H and O–H groups in total. The van der Waals surface area contributed by atoms with E-state index in [0.717, 1.165) is 35.9 Å². The lowest BCUT2D eigenvalue weighted by molar-refractivity contribution is 0.00858. The predicted octanol–water partition coefficient (Wildman–Crippen LogP) is 2.95. The lowest BCUT2D eigenvalue weighted by Gasteiger charge is -2.27. The maximum absolute atomic E-state index is 12.5. The van der Waals surface area contributed by atoms with Crippen molar-refractivity contribution in [1.82, 2.24) is 4.31 Å². The molecule has 1 aliphatic rings. The molecule has 0 amide bonds. The number of aryl methyl sites for hydroxylation is 1. The van der Waals surface area contributed by atoms with E-state index in [9.17, 15) is 8.42 Å². The number of likely N-dealkylation sites (N-methyl/N-ethyl adjacent to an activating group) is 1. The van der Waals surface area contributed by atoms with Gasteiger partial charge in [-0.25, -0.2) is 8.42 Å². The Labute approximate surface area is 129 Å². The Kier molecular flexibility index (Phi) is 5.23. The largest absolute Gasteiger partial charge is 0.377 e. The molecule has 2 rings (SSSR count). The summed E-state index contributed by atoms with van der Waals surface area (Å²) < 4.78 is 33.0. The highest BCUT2D eigenvalue weighted by Crippen LogP contribution is 2.23. The normalized spacial score (nSPS) is 20.3. The maximum Gasteiger partial charge on any atom is 0.242 e. The summed E-state index contributed by atoms with van der Waals surface area (Å²) in [5.41, 5.74) is 0.911. The highest BCUT2D eigenvalue weighted by Gasteiger charge is 2.25. The first kappa shape index (κ1) is 15.9. The van der Waals surface area contributed by atoms with E-state index >= 15 is 0 Å². The average Bonchev–Trinajstić information content (AvgIpc) is 2.42. The zero-order valence-corrected chi connectivity index (χ0v) is 14.2. The SMILES string of the molecule is Cc1cc(S(=O)(=O)N(C)CC2CCCCO2)ccc1Br. The first-order valence-corrected chi connectivity index (χ1v) is 8.98. The van der Waals surface area contributed by atoms with Crippen LogP contribution in [0.1, 0.15) is 24.8 Å². The topological polar surface area (TPSA) is 46.6 Å². The number of sulfonamides is 1. The minimum Gasteiger partial charge on any atom is -0.377 e. The van der Waals surface area contributed by atoms with Crippen molar-refractivity contribution in [2.45, 2.75) is 37.2 Å². The summed E-state index contributed by atoms with van der Waals surface area (Å²) in [7, 11) is -1.83. The molecule has 1 unspecified atom stereocenters. The van der Waals surface area contributed by atoms with Crippen LogP contribution in [0, 0.1) is 6.92 Å². The lowest BCUT2D eigenvalue weighted by Crippen LogP contribution is -2.37. The molecular formula is C14H20BrNO3S. The van der Waals surface area contributed by atoms with Gasteiger partial charge in [0.05, 0.1) is 11.0 Å². The van der Waals surface area contributed by atoms with Gasteiger partial charge < -0.3 is 4.74 Å². The maximum atomic E-state index is 12.5. The number of nitrogens with zero attached hydrogens (tertiary/aromatic N) is 1. The molecule has 1 aliphatic heterocycles. The highest BCUT2D eigenvalue weighted by atomic mass is 79.9. The van der Waals surface area contributed by atoms with E-state index in [2.05, 4.69) is 15.9 Å². The van der Waals surface area contributed by atoms with Crippen molar-refractivity contribution < 1.29 is 13.2 Å². The van der Waals surface area contributed by atoms with Gasteiger partial charge >= 0.3 is 0 Å². The smallest absolute Gasteiger partial charge is 0.242 e. The van der Waals surface area contributed by atoms with E-state index in [1.807, 2.05) is 6.92 Å². The molecule has 0 radical (unpaired) electrons. The Morgan fingerprint density at radius 2 is 2.15 bits per heavy atom. The van der Waals surface area contributed by atoms with Crippen LogP contribution in [0.4, 0.5) is 0 Å². The van der Waals surface area contributed by atoms with Crippen molar-refractivity contribution in [1.29, 1.82) is 0 Å². The van der Waals surface area contributed by atoms with Crippen molar-refractivity contribution in [3.8, 4) is 0 Å². The summed E-state index contributed by atoms with van der Waals surface area (Å²) in [6, 6.07) is 5.09. The van der Waals surface area contributed by atoms with Crippen molar-refractivity contribution >= 4 is 26.0 Å². The summed E-state index contributed by atoms with van der Waals surface area (Å²) in [6.07, 6.45) is 3.12. The van der Waals surface area contributed by atoms with Gasteiger partial charge in [0.15, 0.2) is 0 Å². The first-order valence-electron chi connectivity index (χ1n) is 6.75. The summed E-state index contributed by atoms with van der Waals surface area (Å²) in [5.74, 6) is 0. The van der Waals surface area contributed by atoms with Gasteiger partial charge in [-0.2, -0.15) is 4.31 Å². The van der Waals surface area contributed by atoms with Crippen LogP contribution in [0.3, 0.4) is 0 Å². The third-order valence-corrected chi connectivity index (χ3v) is 6.28. The summed E-state index contributed by atoms with van der Waals surface area (Å²) >= 11 is 3.38. The molecular weight excluding hydrogens is 342 g/mol. The van der Waals surface area contributed by atoms with Crippen molar-refractivity contribution in [3.05, 3.63) is 28.2 Å². The molecule has 1 heterocycles. The van der Waals surface area contributed by atoms with E-state index in [1.54, 1.807) is 25.2 Å². The van der Waals surface area contributed by atoms with Crippen LogP contribution in [0.5, 0.6) is 0 Å². The monoisotopic (exact) mass is 361 g/mol. The Hall–Kier alpha value is -0.430. The van der Waals surface area contributed by atoms with Crippen LogP contribution >= 0.6 is 15.9 Å². The number of rotatable bonds is 4. The fourth-order valence-electron chi connectivity index (χ4n) is 2.29. The van der Waals surface area contributed by atoms with E-state index in [-0.39, 0.29) is 6.10 Å². The van der Waals surface area contributed by atoms with Crippen LogP contribution in [-0.2, 0) is 14.8 Å². The van der Waals surface area contributed by atoms with Gasteiger partial charge in [-0.05, 0) is 49.9 Å². The molecule has 1 saturated heterocycles.